The summed E-state index contributed by atoms with van der Waals surface area (Å²) >= 11 is 0. The van der Waals surface area contributed by atoms with Gasteiger partial charge < -0.3 is 19.4 Å². The topological polar surface area (TPSA) is 113 Å². The third kappa shape index (κ3) is 3.32. The first-order valence-corrected chi connectivity index (χ1v) is 6.02. The van der Waals surface area contributed by atoms with Crippen LogP contribution in [0.3, 0.4) is 0 Å². The summed E-state index contributed by atoms with van der Waals surface area (Å²) in [7, 11) is 0. The van der Waals surface area contributed by atoms with Gasteiger partial charge in [0.2, 0.25) is 6.33 Å². The number of nitro groups is 2. The molecule has 0 aliphatic carbocycles. The summed E-state index contributed by atoms with van der Waals surface area (Å²) in [5, 5.41) is 21.2. The molecule has 0 aliphatic rings. The summed E-state index contributed by atoms with van der Waals surface area (Å²) in [5.41, 5.74) is 0.440. The largest absolute Gasteiger partial charge is 0.492 e. The molecule has 1 aromatic heterocycles. The number of nitrogens with zero attached hydrogens (tertiary/aromatic N) is 4. The highest BCUT2D eigenvalue weighted by Crippen LogP contribution is 2.18. The summed E-state index contributed by atoms with van der Waals surface area (Å²) in [6.45, 7) is 2.27. The molecular weight excluding hydrogens is 280 g/mol. The van der Waals surface area contributed by atoms with Crippen molar-refractivity contribution in [2.24, 2.45) is 0 Å². The second kappa shape index (κ2) is 5.99. The first-order valence-electron chi connectivity index (χ1n) is 6.02. The van der Waals surface area contributed by atoms with E-state index in [-0.39, 0.29) is 18.1 Å². The second-order valence-corrected chi connectivity index (χ2v) is 4.20. The van der Waals surface area contributed by atoms with Crippen LogP contribution in [0.1, 0.15) is 5.69 Å². The molecule has 0 atom stereocenters. The molecule has 2 aromatic rings. The lowest BCUT2D eigenvalue weighted by Crippen LogP contribution is -2.09. The lowest BCUT2D eigenvalue weighted by atomic mass is 10.3. The third-order valence-corrected chi connectivity index (χ3v) is 2.90. The molecule has 0 amide bonds. The average Bonchev–Trinajstić information content (AvgIpc) is 2.81. The SMILES string of the molecule is Cc1c([N+](=O)[O-])ncn1CCOc1ccc([N+](=O)[O-])cc1. The fraction of sp³-hybridized carbons (Fsp3) is 0.250. The van der Waals surface area contributed by atoms with Crippen LogP contribution in [0.25, 0.3) is 0 Å². The van der Waals surface area contributed by atoms with E-state index in [2.05, 4.69) is 4.98 Å². The van der Waals surface area contributed by atoms with Crippen LogP contribution < -0.4 is 4.74 Å². The van der Waals surface area contributed by atoms with Crippen molar-refractivity contribution in [2.45, 2.75) is 13.5 Å². The molecule has 0 spiro atoms. The zero-order valence-corrected chi connectivity index (χ0v) is 11.1. The van der Waals surface area contributed by atoms with E-state index >= 15 is 0 Å². The molecule has 110 valence electrons. The van der Waals surface area contributed by atoms with E-state index in [0.29, 0.717) is 18.0 Å². The number of benzene rings is 1. The zero-order valence-electron chi connectivity index (χ0n) is 11.1. The number of imidazole rings is 1. The Morgan fingerprint density at radius 2 is 1.86 bits per heavy atom. The van der Waals surface area contributed by atoms with Gasteiger partial charge in [-0.2, -0.15) is 0 Å². The van der Waals surface area contributed by atoms with Crippen LogP contribution in [0.4, 0.5) is 11.5 Å². The minimum atomic E-state index is -0.539. The van der Waals surface area contributed by atoms with Crippen LogP contribution in [-0.4, -0.2) is 26.0 Å². The number of rotatable bonds is 6. The molecule has 0 aliphatic heterocycles. The third-order valence-electron chi connectivity index (χ3n) is 2.90. The lowest BCUT2D eigenvalue weighted by molar-refractivity contribution is -0.389. The molecule has 1 heterocycles. The standard InChI is InChI=1S/C12H12N4O5/c1-9-12(16(19)20)13-8-14(9)6-7-21-11-4-2-10(3-5-11)15(17)18/h2-5,8H,6-7H2,1H3. The molecule has 0 N–H and O–H groups in total. The fourth-order valence-corrected chi connectivity index (χ4v) is 1.76. The van der Waals surface area contributed by atoms with Crippen molar-refractivity contribution in [3.8, 4) is 5.75 Å². The number of non-ortho nitro benzene ring substituents is 1. The van der Waals surface area contributed by atoms with Gasteiger partial charge in [0.1, 0.15) is 18.1 Å². The summed E-state index contributed by atoms with van der Waals surface area (Å²) in [6, 6.07) is 5.70. The summed E-state index contributed by atoms with van der Waals surface area (Å²) < 4.78 is 7.04. The molecule has 21 heavy (non-hydrogen) atoms. The van der Waals surface area contributed by atoms with Crippen molar-refractivity contribution in [3.05, 3.63) is 56.5 Å². The second-order valence-electron chi connectivity index (χ2n) is 4.20. The Hall–Kier alpha value is -2.97. The molecule has 0 fully saturated rings. The number of hydrogen-bond acceptors (Lipinski definition) is 6. The Labute approximate surface area is 119 Å². The zero-order chi connectivity index (χ0) is 15.4. The monoisotopic (exact) mass is 292 g/mol. The van der Waals surface area contributed by atoms with E-state index in [9.17, 15) is 20.2 Å². The van der Waals surface area contributed by atoms with Crippen molar-refractivity contribution in [2.75, 3.05) is 6.61 Å². The normalized spacial score (nSPS) is 10.3. The molecule has 2 rings (SSSR count). The predicted molar refractivity (Wildman–Crippen MR) is 72.2 cm³/mol. The van der Waals surface area contributed by atoms with E-state index in [1.807, 2.05) is 0 Å². The summed E-state index contributed by atoms with van der Waals surface area (Å²) in [6.07, 6.45) is 1.38. The highest BCUT2D eigenvalue weighted by Gasteiger charge is 2.16. The van der Waals surface area contributed by atoms with Gasteiger partial charge in [0.25, 0.3) is 5.69 Å². The van der Waals surface area contributed by atoms with Gasteiger partial charge in [-0.3, -0.25) is 10.1 Å². The van der Waals surface area contributed by atoms with Crippen LogP contribution in [0.2, 0.25) is 0 Å². The quantitative estimate of drug-likeness (QED) is 0.595. The fourth-order valence-electron chi connectivity index (χ4n) is 1.76. The minimum Gasteiger partial charge on any atom is -0.492 e. The van der Waals surface area contributed by atoms with Crippen LogP contribution in [0.15, 0.2) is 30.6 Å². The van der Waals surface area contributed by atoms with Crippen molar-refractivity contribution >= 4 is 11.5 Å². The van der Waals surface area contributed by atoms with Gasteiger partial charge in [0.15, 0.2) is 0 Å². The minimum absolute atomic E-state index is 0.0107. The Bertz CT molecular complexity index is 665. The van der Waals surface area contributed by atoms with E-state index < -0.39 is 9.85 Å². The molecule has 0 saturated heterocycles. The number of nitro benzene ring substituents is 1. The van der Waals surface area contributed by atoms with Gasteiger partial charge in [-0.25, -0.2) is 0 Å². The van der Waals surface area contributed by atoms with Crippen molar-refractivity contribution in [3.63, 3.8) is 0 Å². The van der Waals surface area contributed by atoms with Crippen LogP contribution in [-0.2, 0) is 6.54 Å². The van der Waals surface area contributed by atoms with Crippen LogP contribution in [0.5, 0.6) is 5.75 Å². The van der Waals surface area contributed by atoms with E-state index in [1.165, 1.54) is 30.6 Å². The van der Waals surface area contributed by atoms with Gasteiger partial charge in [-0.05, 0) is 29.0 Å². The molecule has 0 unspecified atom stereocenters. The van der Waals surface area contributed by atoms with Gasteiger partial charge >= 0.3 is 5.82 Å². The Morgan fingerprint density at radius 1 is 1.19 bits per heavy atom. The maximum atomic E-state index is 10.7. The maximum absolute atomic E-state index is 10.7. The smallest absolute Gasteiger partial charge is 0.384 e. The molecule has 9 nitrogen and oxygen atoms in total. The molecule has 9 heteroatoms. The Morgan fingerprint density at radius 3 is 2.38 bits per heavy atom. The summed E-state index contributed by atoms with van der Waals surface area (Å²) in [5.74, 6) is 0.318. The van der Waals surface area contributed by atoms with Crippen molar-refractivity contribution in [1.82, 2.24) is 9.55 Å². The molecule has 1 aromatic carbocycles. The molecule has 0 radical (unpaired) electrons. The van der Waals surface area contributed by atoms with Gasteiger partial charge in [-0.15, -0.1) is 0 Å². The predicted octanol–water partition coefficient (Wildman–Crippen LogP) is 2.09. The first kappa shape index (κ1) is 14.4. The number of hydrogen-bond donors (Lipinski definition) is 0. The van der Waals surface area contributed by atoms with E-state index in [4.69, 9.17) is 4.74 Å². The summed E-state index contributed by atoms with van der Waals surface area (Å²) in [4.78, 5) is 23.8. The number of ether oxygens (including phenoxy) is 1. The molecular formula is C12H12N4O5. The average molecular weight is 292 g/mol. The maximum Gasteiger partial charge on any atom is 0.384 e. The number of aromatic nitrogens is 2. The van der Waals surface area contributed by atoms with E-state index in [1.54, 1.807) is 11.5 Å². The highest BCUT2D eigenvalue weighted by atomic mass is 16.6. The van der Waals surface area contributed by atoms with Crippen molar-refractivity contribution in [1.29, 1.82) is 0 Å². The Balaban J connectivity index is 1.92. The van der Waals surface area contributed by atoms with Crippen LogP contribution >= 0.6 is 0 Å². The van der Waals surface area contributed by atoms with Gasteiger partial charge in [-0.1, -0.05) is 0 Å². The van der Waals surface area contributed by atoms with Gasteiger partial charge in [0, 0.05) is 12.1 Å². The van der Waals surface area contributed by atoms with E-state index in [0.717, 1.165) is 0 Å². The van der Waals surface area contributed by atoms with Crippen molar-refractivity contribution < 1.29 is 14.6 Å². The highest BCUT2D eigenvalue weighted by molar-refractivity contribution is 5.35. The molecule has 0 bridgehead atoms. The molecule has 0 saturated carbocycles. The first-order chi connectivity index (χ1) is 9.99. The van der Waals surface area contributed by atoms with Gasteiger partial charge in [0.05, 0.1) is 11.5 Å². The Kier molecular flexibility index (Phi) is 4.12. The lowest BCUT2D eigenvalue weighted by Gasteiger charge is -2.07. The van der Waals surface area contributed by atoms with Crippen LogP contribution in [0, 0.1) is 27.2 Å².